The third-order valence-electron chi connectivity index (χ3n) is 2.68. The van der Waals surface area contributed by atoms with Crippen LogP contribution in [-0.2, 0) is 0 Å². The molecule has 0 saturated carbocycles. The van der Waals surface area contributed by atoms with Gasteiger partial charge >= 0.3 is 0 Å². The molecule has 0 radical (unpaired) electrons. The Balaban J connectivity index is 2.24. The average molecular weight is 272 g/mol. The number of carbonyl (C=O) groups excluding carboxylic acids is 1. The normalized spacial score (nSPS) is 10.8. The van der Waals surface area contributed by atoms with Gasteiger partial charge in [0, 0.05) is 6.07 Å². The molecule has 102 valence electrons. The molecule has 0 bridgehead atoms. The van der Waals surface area contributed by atoms with E-state index in [2.05, 4.69) is 0 Å². The van der Waals surface area contributed by atoms with Gasteiger partial charge in [0.1, 0.15) is 11.5 Å². The Kier molecular flexibility index (Phi) is 3.61. The standard InChI is InChI=1S/C15H12O5/c16-10-4-1-9(2-5-10)3-6-12(17)11-7-14(19)15(20)8-13(11)18/h1-8,16,18-20H. The number of carbonyl (C=O) groups is 1. The third kappa shape index (κ3) is 2.89. The first-order valence-corrected chi connectivity index (χ1v) is 5.74. The first-order chi connectivity index (χ1) is 9.47. The summed E-state index contributed by atoms with van der Waals surface area (Å²) in [5, 5.41) is 37.2. The van der Waals surface area contributed by atoms with Gasteiger partial charge in [0.25, 0.3) is 0 Å². The number of allylic oxidation sites excluding steroid dienone is 1. The van der Waals surface area contributed by atoms with Crippen LogP contribution < -0.4 is 0 Å². The highest BCUT2D eigenvalue weighted by Crippen LogP contribution is 2.32. The molecule has 0 amide bonds. The summed E-state index contributed by atoms with van der Waals surface area (Å²) in [5.41, 5.74) is 0.578. The topological polar surface area (TPSA) is 98.0 Å². The van der Waals surface area contributed by atoms with Gasteiger partial charge in [-0.3, -0.25) is 4.79 Å². The maximum atomic E-state index is 11.9. The lowest BCUT2D eigenvalue weighted by Crippen LogP contribution is -1.94. The molecule has 0 spiro atoms. The molecule has 0 saturated heterocycles. The second-order valence-electron chi connectivity index (χ2n) is 4.15. The van der Waals surface area contributed by atoms with Crippen molar-refractivity contribution in [1.82, 2.24) is 0 Å². The minimum atomic E-state index is -0.522. The summed E-state index contributed by atoms with van der Waals surface area (Å²) >= 11 is 0. The molecule has 20 heavy (non-hydrogen) atoms. The highest BCUT2D eigenvalue weighted by atomic mass is 16.3. The van der Waals surface area contributed by atoms with Gasteiger partial charge in [-0.25, -0.2) is 0 Å². The highest BCUT2D eigenvalue weighted by Gasteiger charge is 2.12. The van der Waals surface area contributed by atoms with Crippen LogP contribution in [0.4, 0.5) is 0 Å². The predicted octanol–water partition coefficient (Wildman–Crippen LogP) is 2.41. The summed E-state index contributed by atoms with van der Waals surface area (Å²) in [6, 6.07) is 8.09. The van der Waals surface area contributed by atoms with Crippen molar-refractivity contribution in [3.8, 4) is 23.0 Å². The molecule has 0 aliphatic rings. The Morgan fingerprint density at radius 1 is 0.850 bits per heavy atom. The Morgan fingerprint density at radius 3 is 2.10 bits per heavy atom. The van der Waals surface area contributed by atoms with Gasteiger partial charge in [-0.15, -0.1) is 0 Å². The maximum Gasteiger partial charge on any atom is 0.189 e. The number of benzene rings is 2. The fourth-order valence-electron chi connectivity index (χ4n) is 1.61. The molecule has 4 N–H and O–H groups in total. The van der Waals surface area contributed by atoms with E-state index in [4.69, 9.17) is 5.11 Å². The van der Waals surface area contributed by atoms with E-state index >= 15 is 0 Å². The molecule has 0 unspecified atom stereocenters. The van der Waals surface area contributed by atoms with Crippen molar-refractivity contribution >= 4 is 11.9 Å². The minimum absolute atomic E-state index is 0.115. The number of hydrogen-bond acceptors (Lipinski definition) is 5. The summed E-state index contributed by atoms with van der Waals surface area (Å²) in [6.07, 6.45) is 2.73. The number of phenolic OH excluding ortho intramolecular Hbond substituents is 4. The van der Waals surface area contributed by atoms with Crippen LogP contribution in [0.25, 0.3) is 6.08 Å². The summed E-state index contributed by atoms with van der Waals surface area (Å²) in [6.45, 7) is 0. The van der Waals surface area contributed by atoms with Crippen LogP contribution in [-0.4, -0.2) is 26.2 Å². The van der Waals surface area contributed by atoms with E-state index < -0.39 is 23.0 Å². The van der Waals surface area contributed by atoms with Crippen LogP contribution in [0.1, 0.15) is 15.9 Å². The molecule has 5 heteroatoms. The Hall–Kier alpha value is -2.95. The summed E-state index contributed by atoms with van der Waals surface area (Å²) < 4.78 is 0. The SMILES string of the molecule is O=C(C=Cc1ccc(O)cc1)c1cc(O)c(O)cc1O. The van der Waals surface area contributed by atoms with E-state index in [0.29, 0.717) is 5.56 Å². The number of ketones is 1. The molecular formula is C15H12O5. The van der Waals surface area contributed by atoms with Gasteiger partial charge in [0.2, 0.25) is 0 Å². The molecule has 0 atom stereocenters. The third-order valence-corrected chi connectivity index (χ3v) is 2.68. The van der Waals surface area contributed by atoms with Gasteiger partial charge < -0.3 is 20.4 Å². The van der Waals surface area contributed by atoms with Gasteiger partial charge in [0.15, 0.2) is 17.3 Å². The van der Waals surface area contributed by atoms with E-state index in [9.17, 15) is 20.1 Å². The summed E-state index contributed by atoms with van der Waals surface area (Å²) in [4.78, 5) is 11.9. The van der Waals surface area contributed by atoms with Crippen LogP contribution in [0.2, 0.25) is 0 Å². The molecule has 2 aromatic rings. The molecule has 0 aliphatic carbocycles. The maximum absolute atomic E-state index is 11.9. The van der Waals surface area contributed by atoms with Crippen molar-refractivity contribution in [2.45, 2.75) is 0 Å². The van der Waals surface area contributed by atoms with Crippen molar-refractivity contribution < 1.29 is 25.2 Å². The molecule has 0 aliphatic heterocycles. The largest absolute Gasteiger partial charge is 0.508 e. The van der Waals surface area contributed by atoms with Gasteiger partial charge in [-0.1, -0.05) is 18.2 Å². The van der Waals surface area contributed by atoms with E-state index in [1.54, 1.807) is 12.1 Å². The van der Waals surface area contributed by atoms with Crippen LogP contribution in [0.5, 0.6) is 23.0 Å². The van der Waals surface area contributed by atoms with Crippen LogP contribution in [0, 0.1) is 0 Å². The van der Waals surface area contributed by atoms with E-state index in [1.807, 2.05) is 0 Å². The van der Waals surface area contributed by atoms with E-state index in [0.717, 1.165) is 12.1 Å². The summed E-state index contributed by atoms with van der Waals surface area (Å²) in [5.74, 6) is -1.80. The Bertz CT molecular complexity index is 671. The van der Waals surface area contributed by atoms with Gasteiger partial charge in [-0.05, 0) is 29.8 Å². The number of rotatable bonds is 3. The first-order valence-electron chi connectivity index (χ1n) is 5.74. The number of hydrogen-bond donors (Lipinski definition) is 4. The first kappa shape index (κ1) is 13.5. The zero-order valence-corrected chi connectivity index (χ0v) is 10.3. The average Bonchev–Trinajstić information content (AvgIpc) is 2.42. The molecule has 0 heterocycles. The second kappa shape index (κ2) is 5.36. The fraction of sp³-hybridized carbons (Fsp3) is 0. The zero-order valence-electron chi connectivity index (χ0n) is 10.3. The van der Waals surface area contributed by atoms with Crippen molar-refractivity contribution in [3.05, 3.63) is 53.6 Å². The van der Waals surface area contributed by atoms with E-state index in [1.165, 1.54) is 24.3 Å². The molecule has 5 nitrogen and oxygen atoms in total. The molecule has 0 fully saturated rings. The van der Waals surface area contributed by atoms with E-state index in [-0.39, 0.29) is 11.3 Å². The van der Waals surface area contributed by atoms with Crippen LogP contribution in [0.15, 0.2) is 42.5 Å². The van der Waals surface area contributed by atoms with Crippen LogP contribution in [0.3, 0.4) is 0 Å². The van der Waals surface area contributed by atoms with Crippen molar-refractivity contribution in [2.24, 2.45) is 0 Å². The van der Waals surface area contributed by atoms with Gasteiger partial charge in [0.05, 0.1) is 5.56 Å². The quantitative estimate of drug-likeness (QED) is 0.298. The molecule has 2 aromatic carbocycles. The highest BCUT2D eigenvalue weighted by molar-refractivity contribution is 6.09. The molecule has 0 aromatic heterocycles. The second-order valence-corrected chi connectivity index (χ2v) is 4.15. The molecule has 2 rings (SSSR count). The smallest absolute Gasteiger partial charge is 0.189 e. The molecular weight excluding hydrogens is 260 g/mol. The van der Waals surface area contributed by atoms with Crippen molar-refractivity contribution in [2.75, 3.05) is 0 Å². The lowest BCUT2D eigenvalue weighted by atomic mass is 10.1. The zero-order chi connectivity index (χ0) is 14.7. The Morgan fingerprint density at radius 2 is 1.45 bits per heavy atom. The lowest BCUT2D eigenvalue weighted by molar-refractivity contribution is 0.104. The monoisotopic (exact) mass is 272 g/mol. The predicted molar refractivity (Wildman–Crippen MR) is 72.9 cm³/mol. The minimum Gasteiger partial charge on any atom is -0.508 e. The van der Waals surface area contributed by atoms with Gasteiger partial charge in [-0.2, -0.15) is 0 Å². The van der Waals surface area contributed by atoms with Crippen LogP contribution >= 0.6 is 0 Å². The fourth-order valence-corrected chi connectivity index (χ4v) is 1.61. The Labute approximate surface area is 114 Å². The summed E-state index contributed by atoms with van der Waals surface area (Å²) in [7, 11) is 0. The lowest BCUT2D eigenvalue weighted by Gasteiger charge is -2.03. The number of aromatic hydroxyl groups is 4. The van der Waals surface area contributed by atoms with Crippen molar-refractivity contribution in [1.29, 1.82) is 0 Å². The number of phenols is 4. The van der Waals surface area contributed by atoms with Crippen molar-refractivity contribution in [3.63, 3.8) is 0 Å².